The van der Waals surface area contributed by atoms with Crippen LogP contribution in [-0.4, -0.2) is 48.2 Å². The predicted molar refractivity (Wildman–Crippen MR) is 105 cm³/mol. The highest BCUT2D eigenvalue weighted by molar-refractivity contribution is 5.70. The number of rotatable bonds is 2. The van der Waals surface area contributed by atoms with Crippen molar-refractivity contribution in [1.29, 1.82) is 0 Å². The van der Waals surface area contributed by atoms with Gasteiger partial charge in [-0.25, -0.2) is 9.18 Å². The molecule has 4 aliphatic rings. The average Bonchev–Trinajstić information content (AvgIpc) is 2.74. The number of halogens is 1. The summed E-state index contributed by atoms with van der Waals surface area (Å²) < 4.78 is 19.5. The third-order valence-electron chi connectivity index (χ3n) is 6.55. The zero-order valence-corrected chi connectivity index (χ0v) is 15.9. The molecule has 0 aromatic heterocycles. The van der Waals surface area contributed by atoms with E-state index in [2.05, 4.69) is 17.0 Å². The van der Waals surface area contributed by atoms with Gasteiger partial charge in [-0.3, -0.25) is 9.80 Å². The minimum atomic E-state index is -0.269. The SMILES string of the molecule is O=C(O[C@@H]1CN2CCC1CC2)N1CCc2ccccc2[C@@H]1c1ccc(F)cc1. The molecule has 0 saturated carbocycles. The Bertz CT molecular complexity index is 861. The first-order valence-electron chi connectivity index (χ1n) is 10.2. The number of nitrogens with zero attached hydrogens (tertiary/aromatic N) is 2. The first kappa shape index (κ1) is 17.7. The molecule has 0 spiro atoms. The van der Waals surface area contributed by atoms with E-state index >= 15 is 0 Å². The van der Waals surface area contributed by atoms with Crippen LogP contribution >= 0.6 is 0 Å². The number of carbonyl (C=O) groups excluding carboxylic acids is 1. The van der Waals surface area contributed by atoms with Crippen LogP contribution in [0.25, 0.3) is 0 Å². The lowest BCUT2D eigenvalue weighted by Crippen LogP contribution is -2.53. The smallest absolute Gasteiger partial charge is 0.410 e. The van der Waals surface area contributed by atoms with Crippen molar-refractivity contribution in [2.75, 3.05) is 26.2 Å². The molecule has 0 N–H and O–H groups in total. The number of hydrogen-bond donors (Lipinski definition) is 0. The Morgan fingerprint density at radius 2 is 1.75 bits per heavy atom. The normalized spacial score (nSPS) is 28.7. The van der Waals surface area contributed by atoms with Gasteiger partial charge in [0.05, 0.1) is 6.04 Å². The molecule has 5 heteroatoms. The highest BCUT2D eigenvalue weighted by atomic mass is 19.1. The van der Waals surface area contributed by atoms with Gasteiger partial charge >= 0.3 is 6.09 Å². The molecule has 1 amide bonds. The molecule has 0 aliphatic carbocycles. The van der Waals surface area contributed by atoms with E-state index in [1.165, 1.54) is 17.7 Å². The maximum absolute atomic E-state index is 13.5. The van der Waals surface area contributed by atoms with Crippen LogP contribution in [0.3, 0.4) is 0 Å². The summed E-state index contributed by atoms with van der Waals surface area (Å²) in [6.07, 6.45) is 2.77. The lowest BCUT2D eigenvalue weighted by molar-refractivity contribution is -0.0462. The number of hydrogen-bond acceptors (Lipinski definition) is 3. The molecule has 2 aromatic rings. The van der Waals surface area contributed by atoms with Crippen molar-refractivity contribution in [3.05, 3.63) is 71.0 Å². The quantitative estimate of drug-likeness (QED) is 0.789. The Kier molecular flexibility index (Phi) is 4.55. The molecule has 4 nitrogen and oxygen atoms in total. The first-order chi connectivity index (χ1) is 13.7. The fraction of sp³-hybridized carbons (Fsp3) is 0.435. The molecule has 4 aliphatic heterocycles. The van der Waals surface area contributed by atoms with E-state index in [-0.39, 0.29) is 24.1 Å². The molecular formula is C23H25FN2O2. The van der Waals surface area contributed by atoms with Crippen molar-refractivity contribution in [3.63, 3.8) is 0 Å². The third-order valence-corrected chi connectivity index (χ3v) is 6.55. The molecule has 28 heavy (non-hydrogen) atoms. The number of ether oxygens (including phenoxy) is 1. The summed E-state index contributed by atoms with van der Waals surface area (Å²) >= 11 is 0. The van der Waals surface area contributed by atoms with E-state index in [4.69, 9.17) is 4.74 Å². The summed E-state index contributed by atoms with van der Waals surface area (Å²) in [5.74, 6) is 0.213. The molecule has 6 rings (SSSR count). The molecule has 3 fully saturated rings. The summed E-state index contributed by atoms with van der Waals surface area (Å²) in [6, 6.07) is 14.4. The second-order valence-electron chi connectivity index (χ2n) is 8.16. The molecule has 146 valence electrons. The molecule has 2 bridgehead atoms. The van der Waals surface area contributed by atoms with Crippen molar-refractivity contribution in [1.82, 2.24) is 9.80 Å². The zero-order chi connectivity index (χ0) is 19.1. The Hall–Kier alpha value is -2.40. The monoisotopic (exact) mass is 380 g/mol. The number of benzene rings is 2. The molecule has 0 radical (unpaired) electrons. The van der Waals surface area contributed by atoms with Gasteiger partial charge in [0.2, 0.25) is 0 Å². The number of fused-ring (bicyclic) bond motifs is 4. The topological polar surface area (TPSA) is 32.8 Å². The van der Waals surface area contributed by atoms with Gasteiger partial charge < -0.3 is 4.74 Å². The van der Waals surface area contributed by atoms with Crippen molar-refractivity contribution in [3.8, 4) is 0 Å². The predicted octanol–water partition coefficient (Wildman–Crippen LogP) is 4.00. The van der Waals surface area contributed by atoms with Gasteiger partial charge in [0.15, 0.2) is 0 Å². The van der Waals surface area contributed by atoms with Gasteiger partial charge in [-0.15, -0.1) is 0 Å². The van der Waals surface area contributed by atoms with Crippen LogP contribution < -0.4 is 0 Å². The highest BCUT2D eigenvalue weighted by Crippen LogP contribution is 2.37. The second kappa shape index (κ2) is 7.21. The summed E-state index contributed by atoms with van der Waals surface area (Å²) in [4.78, 5) is 17.4. The summed E-state index contributed by atoms with van der Waals surface area (Å²) in [7, 11) is 0. The maximum atomic E-state index is 13.5. The minimum absolute atomic E-state index is 0.0129. The molecule has 2 atom stereocenters. The van der Waals surface area contributed by atoms with Crippen LogP contribution in [0.5, 0.6) is 0 Å². The fourth-order valence-electron chi connectivity index (χ4n) is 5.01. The number of piperidine rings is 3. The molecule has 4 heterocycles. The van der Waals surface area contributed by atoms with Crippen molar-refractivity contribution in [2.24, 2.45) is 5.92 Å². The van der Waals surface area contributed by atoms with Gasteiger partial charge in [-0.1, -0.05) is 36.4 Å². The average molecular weight is 380 g/mol. The van der Waals surface area contributed by atoms with Gasteiger partial charge in [-0.2, -0.15) is 0 Å². The highest BCUT2D eigenvalue weighted by Gasteiger charge is 2.39. The van der Waals surface area contributed by atoms with E-state index in [0.717, 1.165) is 50.0 Å². The van der Waals surface area contributed by atoms with Crippen LogP contribution in [0.4, 0.5) is 9.18 Å². The maximum Gasteiger partial charge on any atom is 0.410 e. The molecule has 0 unspecified atom stereocenters. The van der Waals surface area contributed by atoms with Gasteiger partial charge in [0, 0.05) is 13.1 Å². The van der Waals surface area contributed by atoms with Crippen LogP contribution in [-0.2, 0) is 11.2 Å². The van der Waals surface area contributed by atoms with E-state index in [1.807, 2.05) is 17.0 Å². The van der Waals surface area contributed by atoms with Crippen molar-refractivity contribution < 1.29 is 13.9 Å². The Balaban J connectivity index is 1.43. The summed E-state index contributed by atoms with van der Waals surface area (Å²) in [5.41, 5.74) is 3.26. The van der Waals surface area contributed by atoms with E-state index in [9.17, 15) is 9.18 Å². The van der Waals surface area contributed by atoms with Crippen molar-refractivity contribution >= 4 is 6.09 Å². The molecule has 3 saturated heterocycles. The largest absolute Gasteiger partial charge is 0.444 e. The lowest BCUT2D eigenvalue weighted by atomic mass is 9.86. The van der Waals surface area contributed by atoms with Gasteiger partial charge in [0.25, 0.3) is 0 Å². The van der Waals surface area contributed by atoms with Crippen LogP contribution in [0.2, 0.25) is 0 Å². The number of carbonyl (C=O) groups is 1. The second-order valence-corrected chi connectivity index (χ2v) is 8.16. The van der Waals surface area contributed by atoms with Crippen LogP contribution in [0.15, 0.2) is 48.5 Å². The van der Waals surface area contributed by atoms with Crippen molar-refractivity contribution in [2.45, 2.75) is 31.4 Å². The molecular weight excluding hydrogens is 355 g/mol. The van der Waals surface area contributed by atoms with E-state index in [0.29, 0.717) is 12.5 Å². The summed E-state index contributed by atoms with van der Waals surface area (Å²) in [5, 5.41) is 0. The lowest BCUT2D eigenvalue weighted by Gasteiger charge is -2.45. The minimum Gasteiger partial charge on any atom is -0.444 e. The fourth-order valence-corrected chi connectivity index (χ4v) is 5.01. The zero-order valence-electron chi connectivity index (χ0n) is 15.9. The summed E-state index contributed by atoms with van der Waals surface area (Å²) in [6.45, 7) is 3.70. The third kappa shape index (κ3) is 3.18. The van der Waals surface area contributed by atoms with Gasteiger partial charge in [0.1, 0.15) is 11.9 Å². The standard InChI is InChI=1S/C23H25FN2O2/c24-19-7-5-18(6-8-19)22-20-4-2-1-3-16(20)11-14-26(22)23(27)28-21-15-25-12-9-17(21)10-13-25/h1-8,17,21-22H,9-15H2/t21-,22+/m1/s1. The van der Waals surface area contributed by atoms with E-state index < -0.39 is 0 Å². The molecule has 2 aromatic carbocycles. The Morgan fingerprint density at radius 1 is 1.00 bits per heavy atom. The Labute approximate surface area is 164 Å². The van der Waals surface area contributed by atoms with Gasteiger partial charge in [-0.05, 0) is 67.1 Å². The first-order valence-corrected chi connectivity index (χ1v) is 10.2. The van der Waals surface area contributed by atoms with Crippen LogP contribution in [0, 0.1) is 11.7 Å². The van der Waals surface area contributed by atoms with Crippen LogP contribution in [0.1, 0.15) is 35.6 Å². The van der Waals surface area contributed by atoms with E-state index in [1.54, 1.807) is 12.1 Å². The Morgan fingerprint density at radius 3 is 2.46 bits per heavy atom. The number of amides is 1.